The molecule has 0 aliphatic carbocycles. The van der Waals surface area contributed by atoms with Crippen LogP contribution in [-0.4, -0.2) is 51.2 Å². The monoisotopic (exact) mass is 273 g/mol. The summed E-state index contributed by atoms with van der Waals surface area (Å²) in [6, 6.07) is 0.353. The van der Waals surface area contributed by atoms with Gasteiger partial charge in [-0.15, -0.1) is 0 Å². The van der Waals surface area contributed by atoms with Crippen molar-refractivity contribution in [2.24, 2.45) is 0 Å². The highest BCUT2D eigenvalue weighted by atomic mass is 16.5. The number of methoxy groups -OCH3 is 1. The van der Waals surface area contributed by atoms with Gasteiger partial charge >= 0.3 is 0 Å². The molecular weight excluding hydrogens is 242 g/mol. The maximum absolute atomic E-state index is 6.14. The number of nitrogens with one attached hydrogen (secondary N) is 1. The van der Waals surface area contributed by atoms with E-state index in [2.05, 4.69) is 26.1 Å². The molecule has 114 valence electrons. The molecule has 0 aromatic heterocycles. The van der Waals surface area contributed by atoms with Crippen molar-refractivity contribution in [3.8, 4) is 0 Å². The Morgan fingerprint density at radius 1 is 1.32 bits per heavy atom. The molecule has 1 unspecified atom stereocenters. The Morgan fingerprint density at radius 2 is 1.95 bits per heavy atom. The first kappa shape index (κ1) is 16.9. The maximum Gasteiger partial charge on any atom is 0.0878 e. The molecule has 1 saturated heterocycles. The van der Waals surface area contributed by atoms with Crippen LogP contribution in [0, 0.1) is 0 Å². The van der Waals surface area contributed by atoms with Crippen molar-refractivity contribution in [2.45, 2.75) is 63.7 Å². The van der Waals surface area contributed by atoms with Crippen molar-refractivity contribution in [3.05, 3.63) is 0 Å². The van der Waals surface area contributed by atoms with Crippen molar-refractivity contribution < 1.29 is 14.2 Å². The molecule has 0 spiro atoms. The molecule has 0 saturated carbocycles. The Labute approximate surface area is 118 Å². The third kappa shape index (κ3) is 4.71. The van der Waals surface area contributed by atoms with E-state index in [1.807, 2.05) is 7.05 Å². The summed E-state index contributed by atoms with van der Waals surface area (Å²) in [6.45, 7) is 8.70. The standard InChI is InChI=1S/C15H31NO3/c1-6-19-15(9-11-18-12-10-15)13(16-4)7-8-14(2,3)17-5/h13,16H,6-12H2,1-5H3. The Balaban J connectivity index is 2.68. The molecule has 1 fully saturated rings. The highest BCUT2D eigenvalue weighted by Gasteiger charge is 2.40. The summed E-state index contributed by atoms with van der Waals surface area (Å²) in [5.41, 5.74) is -0.154. The lowest BCUT2D eigenvalue weighted by Crippen LogP contribution is -2.55. The number of ether oxygens (including phenoxy) is 3. The summed E-state index contributed by atoms with van der Waals surface area (Å²) >= 11 is 0. The second-order valence-electron chi connectivity index (χ2n) is 5.95. The molecule has 19 heavy (non-hydrogen) atoms. The van der Waals surface area contributed by atoms with Crippen LogP contribution in [0.5, 0.6) is 0 Å². The fourth-order valence-electron chi connectivity index (χ4n) is 2.86. The molecule has 1 aliphatic heterocycles. The van der Waals surface area contributed by atoms with E-state index in [1.54, 1.807) is 7.11 Å². The summed E-state index contributed by atoms with van der Waals surface area (Å²) < 4.78 is 17.2. The zero-order chi connectivity index (χ0) is 14.4. The van der Waals surface area contributed by atoms with Crippen LogP contribution < -0.4 is 5.32 Å². The van der Waals surface area contributed by atoms with Crippen LogP contribution >= 0.6 is 0 Å². The average molecular weight is 273 g/mol. The van der Waals surface area contributed by atoms with Gasteiger partial charge in [-0.05, 0) is 40.7 Å². The fraction of sp³-hybridized carbons (Fsp3) is 1.00. The molecule has 1 N–H and O–H groups in total. The van der Waals surface area contributed by atoms with Crippen LogP contribution in [0.3, 0.4) is 0 Å². The van der Waals surface area contributed by atoms with E-state index in [0.717, 1.165) is 45.5 Å². The van der Waals surface area contributed by atoms with Gasteiger partial charge in [-0.2, -0.15) is 0 Å². The zero-order valence-corrected chi connectivity index (χ0v) is 13.3. The Kier molecular flexibility index (Phi) is 6.74. The smallest absolute Gasteiger partial charge is 0.0878 e. The van der Waals surface area contributed by atoms with E-state index in [-0.39, 0.29) is 11.2 Å². The maximum atomic E-state index is 6.14. The first-order chi connectivity index (χ1) is 8.99. The van der Waals surface area contributed by atoms with Gasteiger partial charge in [-0.3, -0.25) is 0 Å². The van der Waals surface area contributed by atoms with Crippen molar-refractivity contribution in [1.29, 1.82) is 0 Å². The Bertz CT molecular complexity index is 244. The van der Waals surface area contributed by atoms with Gasteiger partial charge in [-0.1, -0.05) is 0 Å². The summed E-state index contributed by atoms with van der Waals surface area (Å²) in [5.74, 6) is 0. The molecule has 1 atom stereocenters. The van der Waals surface area contributed by atoms with E-state index in [4.69, 9.17) is 14.2 Å². The van der Waals surface area contributed by atoms with Gasteiger partial charge in [0.25, 0.3) is 0 Å². The van der Waals surface area contributed by atoms with Gasteiger partial charge < -0.3 is 19.5 Å². The molecule has 0 radical (unpaired) electrons. The minimum Gasteiger partial charge on any atom is -0.381 e. The molecule has 0 aromatic rings. The minimum absolute atomic E-state index is 0.0757. The molecule has 1 heterocycles. The first-order valence-corrected chi connectivity index (χ1v) is 7.44. The largest absolute Gasteiger partial charge is 0.381 e. The summed E-state index contributed by atoms with van der Waals surface area (Å²) in [4.78, 5) is 0. The second kappa shape index (κ2) is 7.58. The van der Waals surface area contributed by atoms with Gasteiger partial charge in [0, 0.05) is 45.8 Å². The van der Waals surface area contributed by atoms with Crippen LogP contribution in [0.15, 0.2) is 0 Å². The predicted molar refractivity (Wildman–Crippen MR) is 77.6 cm³/mol. The number of likely N-dealkylation sites (N-methyl/N-ethyl adjacent to an activating group) is 1. The molecule has 1 aliphatic rings. The molecule has 0 amide bonds. The van der Waals surface area contributed by atoms with E-state index >= 15 is 0 Å². The molecule has 1 rings (SSSR count). The van der Waals surface area contributed by atoms with Crippen LogP contribution in [0.25, 0.3) is 0 Å². The average Bonchev–Trinajstić information content (AvgIpc) is 2.40. The van der Waals surface area contributed by atoms with Gasteiger partial charge in [-0.25, -0.2) is 0 Å². The van der Waals surface area contributed by atoms with E-state index in [0.29, 0.717) is 6.04 Å². The summed E-state index contributed by atoms with van der Waals surface area (Å²) in [6.07, 6.45) is 4.02. The third-order valence-electron chi connectivity index (χ3n) is 4.34. The number of rotatable bonds is 8. The molecule has 0 bridgehead atoms. The third-order valence-corrected chi connectivity index (χ3v) is 4.34. The lowest BCUT2D eigenvalue weighted by atomic mass is 9.82. The van der Waals surface area contributed by atoms with Gasteiger partial charge in [0.1, 0.15) is 0 Å². The number of hydrogen-bond donors (Lipinski definition) is 1. The zero-order valence-electron chi connectivity index (χ0n) is 13.3. The van der Waals surface area contributed by atoms with E-state index in [1.165, 1.54) is 0 Å². The summed E-state index contributed by atoms with van der Waals surface area (Å²) in [5, 5.41) is 3.46. The van der Waals surface area contributed by atoms with Crippen molar-refractivity contribution >= 4 is 0 Å². The predicted octanol–water partition coefficient (Wildman–Crippen LogP) is 2.37. The number of hydrogen-bond acceptors (Lipinski definition) is 4. The molecular formula is C15H31NO3. The Hall–Kier alpha value is -0.160. The van der Waals surface area contributed by atoms with Gasteiger partial charge in [0.15, 0.2) is 0 Å². The lowest BCUT2D eigenvalue weighted by molar-refractivity contribution is -0.129. The molecule has 0 aromatic carbocycles. The van der Waals surface area contributed by atoms with Crippen molar-refractivity contribution in [2.75, 3.05) is 34.0 Å². The second-order valence-corrected chi connectivity index (χ2v) is 5.95. The highest BCUT2D eigenvalue weighted by Crippen LogP contribution is 2.32. The van der Waals surface area contributed by atoms with E-state index < -0.39 is 0 Å². The van der Waals surface area contributed by atoms with Crippen LogP contribution in [0.1, 0.15) is 46.5 Å². The van der Waals surface area contributed by atoms with Crippen molar-refractivity contribution in [1.82, 2.24) is 5.32 Å². The normalized spacial score (nSPS) is 21.3. The quantitative estimate of drug-likeness (QED) is 0.737. The van der Waals surface area contributed by atoms with E-state index in [9.17, 15) is 0 Å². The molecule has 4 heteroatoms. The molecule has 4 nitrogen and oxygen atoms in total. The van der Waals surface area contributed by atoms with Gasteiger partial charge in [0.05, 0.1) is 11.2 Å². The Morgan fingerprint density at radius 3 is 2.42 bits per heavy atom. The highest BCUT2D eigenvalue weighted by molar-refractivity contribution is 4.95. The first-order valence-electron chi connectivity index (χ1n) is 7.44. The van der Waals surface area contributed by atoms with Gasteiger partial charge in [0.2, 0.25) is 0 Å². The topological polar surface area (TPSA) is 39.7 Å². The fourth-order valence-corrected chi connectivity index (χ4v) is 2.86. The lowest BCUT2D eigenvalue weighted by Gasteiger charge is -2.43. The minimum atomic E-state index is -0.0778. The SMILES string of the molecule is CCOC1(C(CCC(C)(C)OC)NC)CCOCC1. The van der Waals surface area contributed by atoms with Crippen LogP contribution in [0.2, 0.25) is 0 Å². The van der Waals surface area contributed by atoms with Crippen molar-refractivity contribution in [3.63, 3.8) is 0 Å². The van der Waals surface area contributed by atoms with Crippen LogP contribution in [-0.2, 0) is 14.2 Å². The van der Waals surface area contributed by atoms with Crippen LogP contribution in [0.4, 0.5) is 0 Å². The summed E-state index contributed by atoms with van der Waals surface area (Å²) in [7, 11) is 3.81.